The average Bonchev–Trinajstić information content (AvgIpc) is 3.36. The molecular formula is C25H20N4O5S2. The predicted octanol–water partition coefficient (Wildman–Crippen LogP) is 5.47. The van der Waals surface area contributed by atoms with Crippen LogP contribution in [-0.2, 0) is 9.59 Å². The first kappa shape index (κ1) is 24.9. The third-order valence-corrected chi connectivity index (χ3v) is 6.49. The van der Waals surface area contributed by atoms with Gasteiger partial charge in [-0.25, -0.2) is 4.98 Å². The maximum Gasteiger partial charge on any atom is 0.270 e. The molecule has 0 spiro atoms. The number of thiazole rings is 1. The molecule has 2 N–H and O–H groups in total. The Bertz CT molecular complexity index is 1360. The maximum atomic E-state index is 12.4. The van der Waals surface area contributed by atoms with Crippen molar-refractivity contribution in [3.8, 4) is 17.0 Å². The lowest BCUT2D eigenvalue weighted by Crippen LogP contribution is -2.20. The third-order valence-electron chi connectivity index (χ3n) is 4.72. The lowest BCUT2D eigenvalue weighted by atomic mass is 10.1. The van der Waals surface area contributed by atoms with Gasteiger partial charge >= 0.3 is 0 Å². The van der Waals surface area contributed by atoms with E-state index in [-0.39, 0.29) is 29.9 Å². The number of anilines is 2. The lowest BCUT2D eigenvalue weighted by Gasteiger charge is -2.08. The van der Waals surface area contributed by atoms with Crippen LogP contribution in [0, 0.1) is 10.1 Å². The van der Waals surface area contributed by atoms with Crippen LogP contribution in [0.3, 0.4) is 0 Å². The first-order valence-corrected chi connectivity index (χ1v) is 12.5. The number of carbonyl (C=O) groups is 2. The summed E-state index contributed by atoms with van der Waals surface area (Å²) in [6.07, 6.45) is 0. The monoisotopic (exact) mass is 520 g/mol. The number of non-ortho nitro benzene ring substituents is 1. The van der Waals surface area contributed by atoms with Gasteiger partial charge in [0.2, 0.25) is 5.91 Å². The van der Waals surface area contributed by atoms with Gasteiger partial charge in [0.05, 0.1) is 16.4 Å². The van der Waals surface area contributed by atoms with E-state index >= 15 is 0 Å². The van der Waals surface area contributed by atoms with Crippen molar-refractivity contribution < 1.29 is 19.2 Å². The molecule has 0 aliphatic heterocycles. The molecule has 3 aromatic carbocycles. The number of thioether (sulfide) groups is 1. The van der Waals surface area contributed by atoms with E-state index in [0.29, 0.717) is 27.8 Å². The SMILES string of the molecule is O=C(COc1ccccc1)Nc1ccc(SCC(=O)Nc2nc(-c3cccc([N+](=O)[O-])c3)cs2)cc1. The summed E-state index contributed by atoms with van der Waals surface area (Å²) in [5, 5.41) is 18.6. The topological polar surface area (TPSA) is 123 Å². The minimum Gasteiger partial charge on any atom is -0.484 e. The van der Waals surface area contributed by atoms with E-state index in [2.05, 4.69) is 15.6 Å². The fraction of sp³-hybridized carbons (Fsp3) is 0.0800. The van der Waals surface area contributed by atoms with Crippen LogP contribution in [0.25, 0.3) is 11.3 Å². The normalized spacial score (nSPS) is 10.4. The van der Waals surface area contributed by atoms with E-state index in [1.54, 1.807) is 41.8 Å². The number of benzene rings is 3. The minimum atomic E-state index is -0.462. The summed E-state index contributed by atoms with van der Waals surface area (Å²) in [5.74, 6) is 0.292. The largest absolute Gasteiger partial charge is 0.484 e. The van der Waals surface area contributed by atoms with Crippen molar-refractivity contribution in [1.82, 2.24) is 4.98 Å². The van der Waals surface area contributed by atoms with Crippen molar-refractivity contribution in [2.45, 2.75) is 4.90 Å². The Kier molecular flexibility index (Phi) is 8.27. The molecule has 1 aromatic heterocycles. The number of amides is 2. The van der Waals surface area contributed by atoms with Crippen molar-refractivity contribution in [1.29, 1.82) is 0 Å². The Morgan fingerprint density at radius 3 is 2.50 bits per heavy atom. The zero-order valence-electron chi connectivity index (χ0n) is 18.7. The molecule has 182 valence electrons. The lowest BCUT2D eigenvalue weighted by molar-refractivity contribution is -0.384. The first-order valence-electron chi connectivity index (χ1n) is 10.7. The minimum absolute atomic E-state index is 0.0198. The molecule has 0 aliphatic carbocycles. The van der Waals surface area contributed by atoms with Gasteiger partial charge in [-0.05, 0) is 36.4 Å². The summed E-state index contributed by atoms with van der Waals surface area (Å²) in [6.45, 7) is -0.0969. The highest BCUT2D eigenvalue weighted by atomic mass is 32.2. The molecular weight excluding hydrogens is 500 g/mol. The molecule has 0 saturated carbocycles. The zero-order valence-corrected chi connectivity index (χ0v) is 20.4. The molecule has 0 saturated heterocycles. The fourth-order valence-electron chi connectivity index (χ4n) is 3.04. The van der Waals surface area contributed by atoms with Crippen molar-refractivity contribution in [2.24, 2.45) is 0 Å². The van der Waals surface area contributed by atoms with Gasteiger partial charge in [0.25, 0.3) is 11.6 Å². The average molecular weight is 521 g/mol. The fourth-order valence-corrected chi connectivity index (χ4v) is 4.48. The summed E-state index contributed by atoms with van der Waals surface area (Å²) in [4.78, 5) is 40.1. The number of nitro benzene ring substituents is 1. The highest BCUT2D eigenvalue weighted by Gasteiger charge is 2.12. The molecule has 1 heterocycles. The number of carbonyl (C=O) groups excluding carboxylic acids is 2. The number of nitrogens with zero attached hydrogens (tertiary/aromatic N) is 2. The number of hydrogen-bond donors (Lipinski definition) is 2. The molecule has 0 fully saturated rings. The van der Waals surface area contributed by atoms with Crippen LogP contribution in [0.5, 0.6) is 5.75 Å². The van der Waals surface area contributed by atoms with Gasteiger partial charge in [0.15, 0.2) is 11.7 Å². The molecule has 0 atom stereocenters. The van der Waals surface area contributed by atoms with E-state index in [1.165, 1.54) is 35.2 Å². The second kappa shape index (κ2) is 12.0. The van der Waals surface area contributed by atoms with E-state index in [4.69, 9.17) is 4.74 Å². The molecule has 4 aromatic rings. The van der Waals surface area contributed by atoms with Gasteiger partial charge in [0.1, 0.15) is 5.75 Å². The standard InChI is InChI=1S/C25H20N4O5S2/c30-23(14-34-20-7-2-1-3-8-20)26-18-9-11-21(12-10-18)35-16-24(31)28-25-27-22(15-36-25)17-5-4-6-19(13-17)29(32)33/h1-13,15H,14,16H2,(H,26,30)(H,27,28,31). The van der Waals surface area contributed by atoms with Crippen molar-refractivity contribution >= 4 is 51.4 Å². The predicted molar refractivity (Wildman–Crippen MR) is 141 cm³/mol. The highest BCUT2D eigenvalue weighted by Crippen LogP contribution is 2.28. The van der Waals surface area contributed by atoms with Crippen LogP contribution in [0.1, 0.15) is 0 Å². The van der Waals surface area contributed by atoms with Gasteiger partial charge < -0.3 is 15.4 Å². The van der Waals surface area contributed by atoms with Crippen molar-refractivity contribution in [3.05, 3.63) is 94.4 Å². The van der Waals surface area contributed by atoms with E-state index in [0.717, 1.165) is 4.90 Å². The second-order valence-corrected chi connectivity index (χ2v) is 9.26. The highest BCUT2D eigenvalue weighted by molar-refractivity contribution is 8.00. The van der Waals surface area contributed by atoms with Crippen molar-refractivity contribution in [2.75, 3.05) is 23.0 Å². The van der Waals surface area contributed by atoms with Gasteiger partial charge in [-0.15, -0.1) is 23.1 Å². The van der Waals surface area contributed by atoms with Gasteiger partial charge in [-0.2, -0.15) is 0 Å². The van der Waals surface area contributed by atoms with Gasteiger partial charge in [-0.1, -0.05) is 30.3 Å². The number of ether oxygens (including phenoxy) is 1. The smallest absolute Gasteiger partial charge is 0.270 e. The number of nitro groups is 1. The van der Waals surface area contributed by atoms with Crippen molar-refractivity contribution in [3.63, 3.8) is 0 Å². The van der Waals surface area contributed by atoms with Crippen LogP contribution in [0.4, 0.5) is 16.5 Å². The molecule has 36 heavy (non-hydrogen) atoms. The Morgan fingerprint density at radius 2 is 1.75 bits per heavy atom. The molecule has 9 nitrogen and oxygen atoms in total. The first-order chi connectivity index (χ1) is 17.5. The number of para-hydroxylation sites is 1. The summed E-state index contributed by atoms with van der Waals surface area (Å²) in [6, 6.07) is 22.4. The summed E-state index contributed by atoms with van der Waals surface area (Å²) in [5.41, 5.74) is 1.77. The van der Waals surface area contributed by atoms with Crippen LogP contribution >= 0.6 is 23.1 Å². The zero-order chi connectivity index (χ0) is 25.3. The van der Waals surface area contributed by atoms with E-state index in [1.807, 2.05) is 30.3 Å². The van der Waals surface area contributed by atoms with E-state index < -0.39 is 4.92 Å². The van der Waals surface area contributed by atoms with Crippen LogP contribution in [0.15, 0.2) is 89.1 Å². The number of aromatic nitrogens is 1. The van der Waals surface area contributed by atoms with Gasteiger partial charge in [0, 0.05) is 33.7 Å². The number of nitrogens with one attached hydrogen (secondary N) is 2. The van der Waals surface area contributed by atoms with Crippen LogP contribution in [-0.4, -0.2) is 34.1 Å². The van der Waals surface area contributed by atoms with Crippen LogP contribution < -0.4 is 15.4 Å². The Hall–Kier alpha value is -4.22. The molecule has 11 heteroatoms. The molecule has 0 radical (unpaired) electrons. The number of hydrogen-bond acceptors (Lipinski definition) is 8. The Labute approximate surface area is 214 Å². The quantitative estimate of drug-likeness (QED) is 0.161. The van der Waals surface area contributed by atoms with Gasteiger partial charge in [-0.3, -0.25) is 19.7 Å². The third kappa shape index (κ3) is 7.14. The number of rotatable bonds is 10. The molecule has 4 rings (SSSR count). The maximum absolute atomic E-state index is 12.4. The molecule has 0 bridgehead atoms. The Balaban J connectivity index is 1.23. The molecule has 2 amide bonds. The molecule has 0 unspecified atom stereocenters. The second-order valence-electron chi connectivity index (χ2n) is 7.36. The van der Waals surface area contributed by atoms with E-state index in [9.17, 15) is 19.7 Å². The van der Waals surface area contributed by atoms with Crippen LogP contribution in [0.2, 0.25) is 0 Å². The summed E-state index contributed by atoms with van der Waals surface area (Å²) in [7, 11) is 0. The Morgan fingerprint density at radius 1 is 0.972 bits per heavy atom. The summed E-state index contributed by atoms with van der Waals surface area (Å²) < 4.78 is 5.43. The molecule has 0 aliphatic rings. The summed E-state index contributed by atoms with van der Waals surface area (Å²) >= 11 is 2.59.